The maximum Gasteiger partial charge on any atom is 0.0783 e. The Morgan fingerprint density at radius 1 is 0.441 bits per heavy atom. The van der Waals surface area contributed by atoms with Crippen LogP contribution in [0.25, 0.3) is 0 Å². The van der Waals surface area contributed by atoms with Gasteiger partial charge in [0.25, 0.3) is 0 Å². The first-order chi connectivity index (χ1) is 16.1. The van der Waals surface area contributed by atoms with Crippen LogP contribution in [0.15, 0.2) is 12.2 Å². The van der Waals surface area contributed by atoms with Gasteiger partial charge in [0.2, 0.25) is 0 Å². The Hall–Kier alpha value is -1.40. The molecule has 34 heavy (non-hydrogen) atoms. The molecular formula is C28H58N2O4. The van der Waals surface area contributed by atoms with E-state index < -0.39 is 11.9 Å². The van der Waals surface area contributed by atoms with Crippen molar-refractivity contribution in [2.45, 2.75) is 107 Å². The molecule has 0 spiro atoms. The van der Waals surface area contributed by atoms with Crippen LogP contribution >= 0.6 is 0 Å². The Morgan fingerprint density at radius 3 is 0.676 bits per heavy atom. The lowest BCUT2D eigenvalue weighted by molar-refractivity contribution is -0.928. The lowest BCUT2D eigenvalue weighted by Crippen LogP contribution is -2.50. The van der Waals surface area contributed by atoms with Crippen LogP contribution in [-0.2, 0) is 9.59 Å². The predicted octanol–water partition coefficient (Wildman–Crippen LogP) is 3.93. The smallest absolute Gasteiger partial charge is 0.0783 e. The highest BCUT2D eigenvalue weighted by Gasteiger charge is 2.23. The summed E-state index contributed by atoms with van der Waals surface area (Å²) in [6, 6.07) is 0. The van der Waals surface area contributed by atoms with E-state index in [1.165, 1.54) is 113 Å². The number of hydrogen-bond donors (Lipinski definition) is 0. The molecule has 0 bridgehead atoms. The second kappa shape index (κ2) is 24.7. The summed E-state index contributed by atoms with van der Waals surface area (Å²) in [4.78, 5) is 18.8. The van der Waals surface area contributed by atoms with Crippen molar-refractivity contribution in [2.24, 2.45) is 0 Å². The summed E-state index contributed by atoms with van der Waals surface area (Å²) in [6.07, 6.45) is 11.4. The second-order valence-corrected chi connectivity index (χ2v) is 9.44. The molecule has 0 fully saturated rings. The van der Waals surface area contributed by atoms with E-state index in [-0.39, 0.29) is 0 Å². The van der Waals surface area contributed by atoms with E-state index >= 15 is 0 Å². The van der Waals surface area contributed by atoms with Gasteiger partial charge in [-0.25, -0.2) is 0 Å². The van der Waals surface area contributed by atoms with Gasteiger partial charge in [0.1, 0.15) is 0 Å². The molecule has 0 unspecified atom stereocenters. The zero-order valence-electron chi connectivity index (χ0n) is 24.0. The van der Waals surface area contributed by atoms with Gasteiger partial charge in [-0.05, 0) is 63.5 Å². The predicted molar refractivity (Wildman–Crippen MR) is 141 cm³/mol. The third kappa shape index (κ3) is 21.2. The van der Waals surface area contributed by atoms with Crippen LogP contribution < -0.4 is 10.2 Å². The summed E-state index contributed by atoms with van der Waals surface area (Å²) in [6.45, 7) is 29.6. The molecule has 0 rings (SSSR count). The van der Waals surface area contributed by atoms with Gasteiger partial charge in [-0.15, -0.1) is 0 Å². The van der Waals surface area contributed by atoms with Gasteiger partial charge in [-0.1, -0.05) is 55.4 Å². The van der Waals surface area contributed by atoms with Crippen LogP contribution in [0, 0.1) is 0 Å². The summed E-state index contributed by atoms with van der Waals surface area (Å²) < 4.78 is 2.75. The van der Waals surface area contributed by atoms with E-state index in [4.69, 9.17) is 0 Å². The average molecular weight is 487 g/mol. The summed E-state index contributed by atoms with van der Waals surface area (Å²) in [5.74, 6) is -3.09. The molecule has 0 atom stereocenters. The summed E-state index contributed by atoms with van der Waals surface area (Å²) >= 11 is 0. The zero-order chi connectivity index (χ0) is 26.9. The molecule has 0 aliphatic carbocycles. The van der Waals surface area contributed by atoms with Crippen LogP contribution in [0.5, 0.6) is 0 Å². The van der Waals surface area contributed by atoms with Crippen LogP contribution in [-0.4, -0.2) is 73.3 Å². The Bertz CT molecular complexity index is 404. The van der Waals surface area contributed by atoms with E-state index in [1.807, 2.05) is 0 Å². The quantitative estimate of drug-likeness (QED) is 0.217. The number of hydrogen-bond acceptors (Lipinski definition) is 4. The molecule has 0 aromatic heterocycles. The molecule has 0 heterocycles. The first kappa shape index (κ1) is 37.2. The van der Waals surface area contributed by atoms with Crippen LogP contribution in [0.3, 0.4) is 0 Å². The number of nitrogens with zero attached hydrogens (tertiary/aromatic N) is 2. The van der Waals surface area contributed by atoms with Gasteiger partial charge in [-0.2, -0.15) is 0 Å². The van der Waals surface area contributed by atoms with Crippen molar-refractivity contribution >= 4 is 11.9 Å². The highest BCUT2D eigenvalue weighted by atomic mass is 16.4. The third-order valence-corrected chi connectivity index (χ3v) is 5.94. The van der Waals surface area contributed by atoms with Gasteiger partial charge in [0, 0.05) is 0 Å². The van der Waals surface area contributed by atoms with Crippen molar-refractivity contribution in [3.05, 3.63) is 12.2 Å². The summed E-state index contributed by atoms with van der Waals surface area (Å²) in [5, 5.41) is 18.8. The van der Waals surface area contributed by atoms with Crippen LogP contribution in [0.1, 0.15) is 107 Å². The van der Waals surface area contributed by atoms with Crippen molar-refractivity contribution in [3.63, 3.8) is 0 Å². The third-order valence-electron chi connectivity index (χ3n) is 5.94. The molecule has 0 N–H and O–H groups in total. The minimum atomic E-state index is -1.55. The van der Waals surface area contributed by atoms with Gasteiger partial charge in [0.05, 0.1) is 64.3 Å². The maximum atomic E-state index is 9.41. The van der Waals surface area contributed by atoms with Crippen molar-refractivity contribution in [2.75, 3.05) is 52.4 Å². The largest absolute Gasteiger partial charge is 0.545 e. The first-order valence-electron chi connectivity index (χ1n) is 13.9. The highest BCUT2D eigenvalue weighted by Crippen LogP contribution is 2.13. The number of carboxylic acids is 2. The minimum absolute atomic E-state index is 0.384. The number of carbonyl (C=O) groups excluding carboxylic acids is 2. The minimum Gasteiger partial charge on any atom is -0.545 e. The molecule has 0 amide bonds. The number of aliphatic carboxylic acids is 2. The lowest BCUT2D eigenvalue weighted by Gasteiger charge is -2.38. The number of quaternary nitrogens is 2. The van der Waals surface area contributed by atoms with E-state index in [0.29, 0.717) is 12.2 Å². The fourth-order valence-corrected chi connectivity index (χ4v) is 5.27. The highest BCUT2D eigenvalue weighted by molar-refractivity contribution is 5.87. The average Bonchev–Trinajstić information content (AvgIpc) is 2.75. The van der Waals surface area contributed by atoms with Gasteiger partial charge >= 0.3 is 0 Å². The number of carbonyl (C=O) groups is 2. The fourth-order valence-electron chi connectivity index (χ4n) is 5.27. The standard InChI is InChI=1S/2C12H28N.C4H4O4/c2*1-5-9-13(10-6-2,11-7-3)12-8-4;5-3(6)1-2-4(7)8/h2*5-12H2,1-4H3;1-2H,(H,5,6)(H,7,8)/q2*+1;/p-2/b;;2-1+. The Balaban J connectivity index is -0.000000438. The van der Waals surface area contributed by atoms with Crippen molar-refractivity contribution in [1.82, 2.24) is 0 Å². The molecule has 0 aliphatic rings. The maximum absolute atomic E-state index is 9.41. The second-order valence-electron chi connectivity index (χ2n) is 9.44. The molecule has 6 heteroatoms. The van der Waals surface area contributed by atoms with Crippen molar-refractivity contribution in [3.8, 4) is 0 Å². The molecule has 204 valence electrons. The van der Waals surface area contributed by atoms with Crippen LogP contribution in [0.2, 0.25) is 0 Å². The summed E-state index contributed by atoms with van der Waals surface area (Å²) in [7, 11) is 0. The van der Waals surface area contributed by atoms with Crippen molar-refractivity contribution < 1.29 is 28.8 Å². The van der Waals surface area contributed by atoms with E-state index in [0.717, 1.165) is 0 Å². The normalized spacial score (nSPS) is 11.4. The van der Waals surface area contributed by atoms with Gasteiger partial charge in [-0.3, -0.25) is 0 Å². The zero-order valence-corrected chi connectivity index (χ0v) is 24.0. The molecule has 0 aromatic carbocycles. The Morgan fingerprint density at radius 2 is 0.588 bits per heavy atom. The fraction of sp³-hybridized carbons (Fsp3) is 0.857. The molecule has 0 radical (unpaired) electrons. The van der Waals surface area contributed by atoms with Crippen molar-refractivity contribution in [1.29, 1.82) is 0 Å². The van der Waals surface area contributed by atoms with E-state index in [2.05, 4.69) is 55.4 Å². The molecule has 6 nitrogen and oxygen atoms in total. The van der Waals surface area contributed by atoms with E-state index in [1.54, 1.807) is 0 Å². The van der Waals surface area contributed by atoms with E-state index in [9.17, 15) is 19.8 Å². The Kier molecular flexibility index (Phi) is 27.0. The SMILES string of the molecule is CCC[N+](CCC)(CCC)CCC.CCC[N+](CCC)(CCC)CCC.O=C([O-])/C=C/C(=O)[O-]. The topological polar surface area (TPSA) is 80.3 Å². The molecule has 0 saturated carbocycles. The molecule has 0 saturated heterocycles. The molecular weight excluding hydrogens is 428 g/mol. The number of carboxylic acid groups (broad SMARTS) is 2. The van der Waals surface area contributed by atoms with Gasteiger partial charge in [0.15, 0.2) is 0 Å². The lowest BCUT2D eigenvalue weighted by atomic mass is 10.2. The Labute approximate surface area is 212 Å². The number of rotatable bonds is 18. The van der Waals surface area contributed by atoms with Crippen LogP contribution in [0.4, 0.5) is 0 Å². The monoisotopic (exact) mass is 486 g/mol. The first-order valence-corrected chi connectivity index (χ1v) is 13.9. The van der Waals surface area contributed by atoms with Gasteiger partial charge < -0.3 is 28.8 Å². The summed E-state index contributed by atoms with van der Waals surface area (Å²) in [5.41, 5.74) is 0. The molecule has 0 aromatic rings. The molecule has 0 aliphatic heterocycles.